The average molecular weight is 358 g/mol. The number of hydrogen-bond acceptors (Lipinski definition) is 5. The lowest BCUT2D eigenvalue weighted by Crippen LogP contribution is -2.46. The minimum atomic E-state index is -0.936. The van der Waals surface area contributed by atoms with Crippen LogP contribution in [0.4, 0.5) is 4.79 Å². The van der Waals surface area contributed by atoms with Gasteiger partial charge in [-0.3, -0.25) is 4.68 Å². The maximum Gasteiger partial charge on any atom is 0.410 e. The first-order chi connectivity index (χ1) is 12.2. The molecule has 0 radical (unpaired) electrons. The van der Waals surface area contributed by atoms with Gasteiger partial charge in [0.2, 0.25) is 0 Å². The number of amides is 1. The van der Waals surface area contributed by atoms with Crippen LogP contribution in [0.15, 0.2) is 30.6 Å². The van der Waals surface area contributed by atoms with E-state index in [4.69, 9.17) is 4.74 Å². The standard InChI is InChI=1S/C19H26N4O3/c1-18(2,3)26-17(24)23-11-9-19(25,10-12-23)15-7-5-14(6-8-15)16-20-13-22(4)21-16/h5-8,13,25H,9-12H2,1-4H3. The number of ether oxygens (including phenoxy) is 1. The molecular weight excluding hydrogens is 332 g/mol. The highest BCUT2D eigenvalue weighted by atomic mass is 16.6. The van der Waals surface area contributed by atoms with Crippen molar-refractivity contribution < 1.29 is 14.6 Å². The van der Waals surface area contributed by atoms with Crippen LogP contribution in [0.3, 0.4) is 0 Å². The van der Waals surface area contributed by atoms with E-state index in [2.05, 4.69) is 10.1 Å². The number of nitrogens with zero attached hydrogens (tertiary/aromatic N) is 4. The molecule has 3 rings (SSSR count). The average Bonchev–Trinajstić information content (AvgIpc) is 3.00. The lowest BCUT2D eigenvalue weighted by molar-refractivity contribution is -0.0356. The number of aryl methyl sites for hydroxylation is 1. The number of rotatable bonds is 2. The van der Waals surface area contributed by atoms with E-state index in [9.17, 15) is 9.90 Å². The third-order valence-corrected chi connectivity index (χ3v) is 4.52. The van der Waals surface area contributed by atoms with Crippen molar-refractivity contribution in [2.24, 2.45) is 7.05 Å². The fourth-order valence-electron chi connectivity index (χ4n) is 3.08. The van der Waals surface area contributed by atoms with Crippen LogP contribution in [-0.4, -0.2) is 49.6 Å². The van der Waals surface area contributed by atoms with Crippen molar-refractivity contribution >= 4 is 6.09 Å². The Morgan fingerprint density at radius 3 is 2.31 bits per heavy atom. The molecule has 1 aromatic heterocycles. The van der Waals surface area contributed by atoms with Gasteiger partial charge < -0.3 is 14.7 Å². The topological polar surface area (TPSA) is 80.5 Å². The normalized spacial score (nSPS) is 17.2. The smallest absolute Gasteiger partial charge is 0.410 e. The summed E-state index contributed by atoms with van der Waals surface area (Å²) in [5.74, 6) is 0.658. The van der Waals surface area contributed by atoms with Crippen LogP contribution in [0.2, 0.25) is 0 Å². The molecule has 1 fully saturated rings. The minimum Gasteiger partial charge on any atom is -0.444 e. The first-order valence-electron chi connectivity index (χ1n) is 8.83. The number of aromatic nitrogens is 3. The van der Waals surface area contributed by atoms with Gasteiger partial charge in [-0.2, -0.15) is 5.10 Å². The SMILES string of the molecule is Cn1cnc(-c2ccc(C3(O)CCN(C(=O)OC(C)(C)C)CC3)cc2)n1. The molecule has 0 atom stereocenters. The lowest BCUT2D eigenvalue weighted by Gasteiger charge is -2.39. The van der Waals surface area contributed by atoms with Crippen LogP contribution in [0.25, 0.3) is 11.4 Å². The third-order valence-electron chi connectivity index (χ3n) is 4.52. The number of hydrogen-bond donors (Lipinski definition) is 1. The number of benzene rings is 1. The number of carbonyl (C=O) groups excluding carboxylic acids is 1. The molecule has 1 aliphatic heterocycles. The zero-order chi connectivity index (χ0) is 18.9. The molecule has 0 bridgehead atoms. The molecule has 7 heteroatoms. The van der Waals surface area contributed by atoms with E-state index in [-0.39, 0.29) is 6.09 Å². The Kier molecular flexibility index (Phi) is 4.75. The molecule has 0 saturated carbocycles. The molecule has 1 aromatic carbocycles. The third kappa shape index (κ3) is 4.04. The fourth-order valence-corrected chi connectivity index (χ4v) is 3.08. The zero-order valence-electron chi connectivity index (χ0n) is 15.8. The van der Waals surface area contributed by atoms with Gasteiger partial charge in [0.25, 0.3) is 0 Å². The summed E-state index contributed by atoms with van der Waals surface area (Å²) in [6.45, 7) is 6.49. The molecule has 140 valence electrons. The lowest BCUT2D eigenvalue weighted by atomic mass is 9.84. The predicted octanol–water partition coefficient (Wildman–Crippen LogP) is 2.70. The Morgan fingerprint density at radius 2 is 1.81 bits per heavy atom. The summed E-state index contributed by atoms with van der Waals surface area (Å²) in [6.07, 6.45) is 2.29. The van der Waals surface area contributed by atoms with Gasteiger partial charge in [0.05, 0.1) is 5.60 Å². The number of piperidine rings is 1. The van der Waals surface area contributed by atoms with Crippen molar-refractivity contribution in [3.63, 3.8) is 0 Å². The highest BCUT2D eigenvalue weighted by Crippen LogP contribution is 2.34. The summed E-state index contributed by atoms with van der Waals surface area (Å²) >= 11 is 0. The quantitative estimate of drug-likeness (QED) is 0.893. The number of aliphatic hydroxyl groups is 1. The summed E-state index contributed by atoms with van der Waals surface area (Å²) in [5.41, 5.74) is 0.305. The molecule has 0 aliphatic carbocycles. The summed E-state index contributed by atoms with van der Waals surface area (Å²) in [6, 6.07) is 7.66. The largest absolute Gasteiger partial charge is 0.444 e. The van der Waals surface area contributed by atoms with Gasteiger partial charge >= 0.3 is 6.09 Å². The van der Waals surface area contributed by atoms with Gasteiger partial charge in [0.1, 0.15) is 11.9 Å². The molecule has 2 aromatic rings. The van der Waals surface area contributed by atoms with Crippen LogP contribution < -0.4 is 0 Å². The first kappa shape index (κ1) is 18.4. The van der Waals surface area contributed by atoms with Crippen molar-refractivity contribution in [1.29, 1.82) is 0 Å². The van der Waals surface area contributed by atoms with E-state index < -0.39 is 11.2 Å². The van der Waals surface area contributed by atoms with Crippen LogP contribution in [-0.2, 0) is 17.4 Å². The predicted molar refractivity (Wildman–Crippen MR) is 97.4 cm³/mol. The molecule has 0 unspecified atom stereocenters. The molecule has 1 N–H and O–H groups in total. The Labute approximate surface area is 153 Å². The number of likely N-dealkylation sites (tertiary alicyclic amines) is 1. The van der Waals surface area contributed by atoms with Crippen LogP contribution in [0.1, 0.15) is 39.2 Å². The minimum absolute atomic E-state index is 0.323. The summed E-state index contributed by atoms with van der Waals surface area (Å²) in [5, 5.41) is 15.3. The highest BCUT2D eigenvalue weighted by molar-refractivity contribution is 5.68. The van der Waals surface area contributed by atoms with Crippen molar-refractivity contribution in [1.82, 2.24) is 19.7 Å². The van der Waals surface area contributed by atoms with E-state index in [0.29, 0.717) is 31.8 Å². The molecule has 7 nitrogen and oxygen atoms in total. The maximum absolute atomic E-state index is 12.2. The molecule has 26 heavy (non-hydrogen) atoms. The second-order valence-electron chi connectivity index (χ2n) is 7.82. The Morgan fingerprint density at radius 1 is 1.19 bits per heavy atom. The van der Waals surface area contributed by atoms with E-state index in [0.717, 1.165) is 11.1 Å². The van der Waals surface area contributed by atoms with Gasteiger partial charge in [-0.25, -0.2) is 9.78 Å². The van der Waals surface area contributed by atoms with Crippen molar-refractivity contribution in [2.45, 2.75) is 44.8 Å². The van der Waals surface area contributed by atoms with Gasteiger partial charge in [0.15, 0.2) is 5.82 Å². The van der Waals surface area contributed by atoms with Crippen LogP contribution in [0, 0.1) is 0 Å². The Balaban J connectivity index is 1.66. The molecule has 2 heterocycles. The summed E-state index contributed by atoms with van der Waals surface area (Å²) in [7, 11) is 1.83. The Hall–Kier alpha value is -2.41. The van der Waals surface area contributed by atoms with E-state index in [1.54, 1.807) is 15.9 Å². The molecule has 1 amide bonds. The van der Waals surface area contributed by atoms with E-state index in [1.165, 1.54) is 0 Å². The molecular formula is C19H26N4O3. The second kappa shape index (κ2) is 6.72. The Bertz CT molecular complexity index is 769. The maximum atomic E-state index is 12.2. The molecule has 1 aliphatic rings. The van der Waals surface area contributed by atoms with Crippen molar-refractivity contribution in [3.05, 3.63) is 36.2 Å². The van der Waals surface area contributed by atoms with Gasteiger partial charge in [-0.05, 0) is 39.2 Å². The van der Waals surface area contributed by atoms with E-state index >= 15 is 0 Å². The molecule has 0 spiro atoms. The van der Waals surface area contributed by atoms with Crippen molar-refractivity contribution in [3.8, 4) is 11.4 Å². The van der Waals surface area contributed by atoms with E-state index in [1.807, 2.05) is 52.1 Å². The number of carbonyl (C=O) groups is 1. The second-order valence-corrected chi connectivity index (χ2v) is 7.82. The van der Waals surface area contributed by atoms with Gasteiger partial charge in [-0.1, -0.05) is 24.3 Å². The van der Waals surface area contributed by atoms with Crippen LogP contribution >= 0.6 is 0 Å². The zero-order valence-corrected chi connectivity index (χ0v) is 15.8. The summed E-state index contributed by atoms with van der Waals surface area (Å²) in [4.78, 5) is 18.1. The van der Waals surface area contributed by atoms with Crippen molar-refractivity contribution in [2.75, 3.05) is 13.1 Å². The highest BCUT2D eigenvalue weighted by Gasteiger charge is 2.36. The van der Waals surface area contributed by atoms with Crippen LogP contribution in [0.5, 0.6) is 0 Å². The fraction of sp³-hybridized carbons (Fsp3) is 0.526. The van der Waals surface area contributed by atoms with Gasteiger partial charge in [-0.15, -0.1) is 0 Å². The monoisotopic (exact) mass is 358 g/mol. The van der Waals surface area contributed by atoms with Gasteiger partial charge in [0, 0.05) is 25.7 Å². The molecule has 1 saturated heterocycles. The summed E-state index contributed by atoms with van der Waals surface area (Å²) < 4.78 is 7.06. The first-order valence-corrected chi connectivity index (χ1v) is 8.83.